The molecule has 0 spiro atoms. The molecule has 0 saturated carbocycles. The molecule has 0 saturated heterocycles. The molecule has 1 aromatic carbocycles. The van der Waals surface area contributed by atoms with Crippen molar-refractivity contribution in [2.45, 2.75) is 0 Å². The van der Waals surface area contributed by atoms with Crippen molar-refractivity contribution < 1.29 is 0 Å². The van der Waals surface area contributed by atoms with Crippen molar-refractivity contribution in [3.63, 3.8) is 0 Å². The molecule has 0 aliphatic rings. The predicted molar refractivity (Wildman–Crippen MR) is 61.4 cm³/mol. The number of para-hydroxylation sites is 1. The maximum Gasteiger partial charge on any atom is 0.0975 e. The number of fused-ring (bicyclic) bond motifs is 1. The summed E-state index contributed by atoms with van der Waals surface area (Å²) < 4.78 is 3.12. The van der Waals surface area contributed by atoms with Gasteiger partial charge in [0.15, 0.2) is 0 Å². The first-order chi connectivity index (χ1) is 5.70. The maximum atomic E-state index is 3.49. The summed E-state index contributed by atoms with van der Waals surface area (Å²) in [5, 5.41) is 1.18. The smallest absolute Gasteiger partial charge is 0.0975 e. The van der Waals surface area contributed by atoms with Crippen molar-refractivity contribution in [2.24, 2.45) is 0 Å². The summed E-state index contributed by atoms with van der Waals surface area (Å²) in [6.45, 7) is 0. The van der Waals surface area contributed by atoms with Gasteiger partial charge in [-0.25, -0.2) is 0 Å². The number of hydrogen-bond donors (Lipinski definition) is 1. The molecule has 2 rings (SSSR count). The lowest BCUT2D eigenvalue weighted by molar-refractivity contribution is 1.39. The quantitative estimate of drug-likeness (QED) is 0.720. The molecule has 62 valence electrons. The van der Waals surface area contributed by atoms with Gasteiger partial charge < -0.3 is 4.98 Å². The van der Waals surface area contributed by atoms with Crippen LogP contribution < -0.4 is 0 Å². The SMILES string of the molecule is Brc1[nH]c2c(Br)cccc2c1Br. The largest absolute Gasteiger partial charge is 0.347 e. The van der Waals surface area contributed by atoms with E-state index >= 15 is 0 Å². The molecule has 1 nitrogen and oxygen atoms in total. The highest BCUT2D eigenvalue weighted by molar-refractivity contribution is 9.13. The molecule has 0 amide bonds. The fourth-order valence-corrected chi connectivity index (χ4v) is 2.42. The van der Waals surface area contributed by atoms with Crippen molar-refractivity contribution in [3.8, 4) is 0 Å². The van der Waals surface area contributed by atoms with Crippen LogP contribution in [-0.2, 0) is 0 Å². The molecule has 0 fully saturated rings. The topological polar surface area (TPSA) is 15.8 Å². The average Bonchev–Trinajstić information content (AvgIpc) is 2.32. The summed E-state index contributed by atoms with van der Waals surface area (Å²) in [5.74, 6) is 0. The van der Waals surface area contributed by atoms with Gasteiger partial charge in [-0.1, -0.05) is 12.1 Å². The lowest BCUT2D eigenvalue weighted by Gasteiger charge is -1.91. The molecule has 0 atom stereocenters. The highest BCUT2D eigenvalue weighted by Gasteiger charge is 2.07. The van der Waals surface area contributed by atoms with Gasteiger partial charge in [-0.2, -0.15) is 0 Å². The Morgan fingerprint density at radius 2 is 1.83 bits per heavy atom. The molecule has 2 aromatic rings. The lowest BCUT2D eigenvalue weighted by Crippen LogP contribution is -1.68. The minimum absolute atomic E-state index is 0.976. The zero-order chi connectivity index (χ0) is 8.72. The zero-order valence-electron chi connectivity index (χ0n) is 5.87. The Hall–Kier alpha value is 0.200. The second-order valence-electron chi connectivity index (χ2n) is 2.42. The molecule has 0 radical (unpaired) electrons. The van der Waals surface area contributed by atoms with E-state index in [0.29, 0.717) is 0 Å². The van der Waals surface area contributed by atoms with E-state index in [0.717, 1.165) is 19.1 Å². The van der Waals surface area contributed by atoms with Gasteiger partial charge in [-0.3, -0.25) is 0 Å². The molecule has 0 unspecified atom stereocenters. The first-order valence-electron chi connectivity index (χ1n) is 3.31. The van der Waals surface area contributed by atoms with Crippen molar-refractivity contribution in [2.75, 3.05) is 0 Å². The average molecular weight is 354 g/mol. The number of aromatic nitrogens is 1. The molecule has 1 heterocycles. The van der Waals surface area contributed by atoms with Crippen LogP contribution in [0.3, 0.4) is 0 Å². The lowest BCUT2D eigenvalue weighted by atomic mass is 10.3. The van der Waals surface area contributed by atoms with Crippen LogP contribution in [0.15, 0.2) is 31.7 Å². The van der Waals surface area contributed by atoms with Crippen LogP contribution in [0.2, 0.25) is 0 Å². The Balaban J connectivity index is 2.95. The van der Waals surface area contributed by atoms with Crippen molar-refractivity contribution in [1.29, 1.82) is 0 Å². The van der Waals surface area contributed by atoms with Crippen LogP contribution in [0, 0.1) is 0 Å². The van der Waals surface area contributed by atoms with E-state index in [1.54, 1.807) is 0 Å². The summed E-state index contributed by atoms with van der Waals surface area (Å²) >= 11 is 10.4. The summed E-state index contributed by atoms with van der Waals surface area (Å²) in [6, 6.07) is 6.08. The van der Waals surface area contributed by atoms with Crippen LogP contribution in [-0.4, -0.2) is 4.98 Å². The molecule has 0 bridgehead atoms. The van der Waals surface area contributed by atoms with Gasteiger partial charge in [-0.05, 0) is 53.9 Å². The van der Waals surface area contributed by atoms with E-state index in [1.807, 2.05) is 12.1 Å². The van der Waals surface area contributed by atoms with Crippen LogP contribution in [0.1, 0.15) is 0 Å². The van der Waals surface area contributed by atoms with E-state index in [-0.39, 0.29) is 0 Å². The number of halogens is 3. The monoisotopic (exact) mass is 351 g/mol. The fourth-order valence-electron chi connectivity index (χ4n) is 1.12. The van der Waals surface area contributed by atoms with E-state index in [4.69, 9.17) is 0 Å². The first-order valence-corrected chi connectivity index (χ1v) is 5.69. The Kier molecular flexibility index (Phi) is 2.31. The van der Waals surface area contributed by atoms with Gasteiger partial charge in [0.25, 0.3) is 0 Å². The number of H-pyrrole nitrogens is 1. The third kappa shape index (κ3) is 1.26. The number of rotatable bonds is 0. The summed E-state index contributed by atoms with van der Waals surface area (Å²) in [6.07, 6.45) is 0. The van der Waals surface area contributed by atoms with E-state index in [2.05, 4.69) is 58.8 Å². The fraction of sp³-hybridized carbons (Fsp3) is 0. The van der Waals surface area contributed by atoms with Gasteiger partial charge in [0.05, 0.1) is 14.6 Å². The van der Waals surface area contributed by atoms with Gasteiger partial charge in [-0.15, -0.1) is 0 Å². The van der Waals surface area contributed by atoms with Crippen molar-refractivity contribution in [3.05, 3.63) is 31.7 Å². The number of aromatic amines is 1. The summed E-state index contributed by atoms with van der Waals surface area (Å²) in [4.78, 5) is 3.22. The third-order valence-corrected chi connectivity index (χ3v) is 4.29. The van der Waals surface area contributed by atoms with Gasteiger partial charge >= 0.3 is 0 Å². The molecule has 0 aliphatic heterocycles. The highest BCUT2D eigenvalue weighted by atomic mass is 79.9. The predicted octanol–water partition coefficient (Wildman–Crippen LogP) is 4.46. The normalized spacial score (nSPS) is 10.9. The standard InChI is InChI=1S/C8H4Br3N/c9-5-3-1-2-4-6(10)8(11)12-7(4)5/h1-3,12H. The van der Waals surface area contributed by atoms with Crippen LogP contribution in [0.25, 0.3) is 10.9 Å². The number of nitrogens with one attached hydrogen (secondary N) is 1. The third-order valence-electron chi connectivity index (χ3n) is 1.68. The highest BCUT2D eigenvalue weighted by Crippen LogP contribution is 2.34. The first kappa shape index (κ1) is 8.78. The molecule has 4 heteroatoms. The zero-order valence-corrected chi connectivity index (χ0v) is 10.6. The summed E-state index contributed by atoms with van der Waals surface area (Å²) in [5.41, 5.74) is 1.11. The molecular formula is C8H4Br3N. The van der Waals surface area contributed by atoms with Gasteiger partial charge in [0.2, 0.25) is 0 Å². The number of benzene rings is 1. The second kappa shape index (κ2) is 3.16. The van der Waals surface area contributed by atoms with Crippen LogP contribution in [0.4, 0.5) is 0 Å². The van der Waals surface area contributed by atoms with E-state index in [1.165, 1.54) is 5.39 Å². The molecule has 0 aliphatic carbocycles. The van der Waals surface area contributed by atoms with E-state index in [9.17, 15) is 0 Å². The Morgan fingerprint density at radius 3 is 2.50 bits per heavy atom. The van der Waals surface area contributed by atoms with Gasteiger partial charge in [0.1, 0.15) is 0 Å². The Bertz CT molecular complexity index is 433. The van der Waals surface area contributed by atoms with E-state index < -0.39 is 0 Å². The molecule has 1 N–H and O–H groups in total. The molecule has 12 heavy (non-hydrogen) atoms. The second-order valence-corrected chi connectivity index (χ2v) is 4.86. The molecule has 1 aromatic heterocycles. The van der Waals surface area contributed by atoms with Gasteiger partial charge in [0, 0.05) is 9.86 Å². The minimum Gasteiger partial charge on any atom is -0.347 e. The Labute approximate surface area is 94.9 Å². The van der Waals surface area contributed by atoms with Crippen molar-refractivity contribution >= 4 is 58.7 Å². The minimum atomic E-state index is 0.976. The van der Waals surface area contributed by atoms with Crippen LogP contribution >= 0.6 is 47.8 Å². The Morgan fingerprint density at radius 1 is 1.08 bits per heavy atom. The molecular weight excluding hydrogens is 350 g/mol. The van der Waals surface area contributed by atoms with Crippen LogP contribution in [0.5, 0.6) is 0 Å². The summed E-state index contributed by atoms with van der Waals surface area (Å²) in [7, 11) is 0. The van der Waals surface area contributed by atoms with Crippen molar-refractivity contribution in [1.82, 2.24) is 4.98 Å². The maximum absolute atomic E-state index is 3.49. The number of hydrogen-bond acceptors (Lipinski definition) is 0.